The molecule has 0 aromatic heterocycles. The van der Waals surface area contributed by atoms with E-state index in [0.717, 1.165) is 0 Å². The average molecular weight is 336 g/mol. The third-order valence-electron chi connectivity index (χ3n) is 3.57. The van der Waals surface area contributed by atoms with Crippen LogP contribution < -0.4 is 0 Å². The molecular formula is C19H12O6. The molecule has 3 aromatic carbocycles. The highest BCUT2D eigenvalue weighted by Gasteiger charge is 2.23. The zero-order chi connectivity index (χ0) is 17.8. The first-order chi connectivity index (χ1) is 12.1. The van der Waals surface area contributed by atoms with Crippen molar-refractivity contribution in [2.24, 2.45) is 0 Å². The van der Waals surface area contributed by atoms with Gasteiger partial charge in [0.05, 0.1) is 16.7 Å². The average Bonchev–Trinajstić information content (AvgIpc) is 2.65. The molecule has 0 unspecified atom stereocenters. The van der Waals surface area contributed by atoms with E-state index in [4.69, 9.17) is 0 Å². The van der Waals surface area contributed by atoms with Crippen LogP contribution in [0.25, 0.3) is 10.8 Å². The number of carboxylic acid groups (broad SMARTS) is 1. The van der Waals surface area contributed by atoms with E-state index in [9.17, 15) is 19.5 Å². The van der Waals surface area contributed by atoms with E-state index in [1.807, 2.05) is 0 Å². The molecule has 1 N–H and O–H groups in total. The highest BCUT2D eigenvalue weighted by Crippen LogP contribution is 2.24. The monoisotopic (exact) mass is 336 g/mol. The Morgan fingerprint density at radius 2 is 1.36 bits per heavy atom. The molecule has 0 bridgehead atoms. The number of hydrogen-bond acceptors (Lipinski definition) is 5. The van der Waals surface area contributed by atoms with Crippen LogP contribution in [0.3, 0.4) is 0 Å². The Hall–Kier alpha value is -3.67. The van der Waals surface area contributed by atoms with Crippen LogP contribution in [0.2, 0.25) is 0 Å². The Morgan fingerprint density at radius 1 is 0.720 bits per heavy atom. The number of aromatic carboxylic acids is 1. The molecular weight excluding hydrogens is 324 g/mol. The lowest BCUT2D eigenvalue weighted by molar-refractivity contribution is -0.187. The summed E-state index contributed by atoms with van der Waals surface area (Å²) in [7, 11) is 0. The highest BCUT2D eigenvalue weighted by molar-refractivity contribution is 6.12. The molecule has 0 spiro atoms. The van der Waals surface area contributed by atoms with Gasteiger partial charge in [-0.3, -0.25) is 0 Å². The van der Waals surface area contributed by atoms with Gasteiger partial charge in [-0.25, -0.2) is 24.2 Å². The zero-order valence-corrected chi connectivity index (χ0v) is 12.8. The third kappa shape index (κ3) is 3.32. The fourth-order valence-corrected chi connectivity index (χ4v) is 2.41. The number of carboxylic acids is 1. The van der Waals surface area contributed by atoms with Gasteiger partial charge in [-0.1, -0.05) is 48.5 Å². The minimum Gasteiger partial charge on any atom is -0.478 e. The maximum Gasteiger partial charge on any atom is 0.387 e. The van der Waals surface area contributed by atoms with Gasteiger partial charge in [-0.2, -0.15) is 0 Å². The Labute approximate surface area is 142 Å². The zero-order valence-electron chi connectivity index (χ0n) is 12.8. The predicted octanol–water partition coefficient (Wildman–Crippen LogP) is 3.47. The summed E-state index contributed by atoms with van der Waals surface area (Å²) in [5.41, 5.74) is -0.211. The van der Waals surface area contributed by atoms with Crippen molar-refractivity contribution in [3.8, 4) is 0 Å². The van der Waals surface area contributed by atoms with E-state index in [2.05, 4.69) is 9.78 Å². The van der Waals surface area contributed by atoms with Crippen LogP contribution in [0.15, 0.2) is 66.7 Å². The number of carbonyl (C=O) groups excluding carboxylic acids is 2. The van der Waals surface area contributed by atoms with Crippen LogP contribution >= 0.6 is 0 Å². The molecule has 25 heavy (non-hydrogen) atoms. The van der Waals surface area contributed by atoms with Crippen LogP contribution in [0.5, 0.6) is 0 Å². The van der Waals surface area contributed by atoms with E-state index < -0.39 is 17.9 Å². The van der Waals surface area contributed by atoms with E-state index >= 15 is 0 Å². The smallest absolute Gasteiger partial charge is 0.387 e. The van der Waals surface area contributed by atoms with Crippen LogP contribution in [0.4, 0.5) is 0 Å². The summed E-state index contributed by atoms with van der Waals surface area (Å²) in [5, 5.41) is 10.4. The molecule has 0 atom stereocenters. The summed E-state index contributed by atoms with van der Waals surface area (Å²) in [5.74, 6) is -3.20. The molecule has 0 radical (unpaired) electrons. The first-order valence-electron chi connectivity index (χ1n) is 7.31. The second kappa shape index (κ2) is 6.84. The number of fused-ring (bicyclic) bond motifs is 1. The Kier molecular flexibility index (Phi) is 4.43. The number of benzene rings is 3. The molecule has 6 heteroatoms. The molecule has 0 aliphatic rings. The highest BCUT2D eigenvalue weighted by atomic mass is 17.2. The van der Waals surface area contributed by atoms with Gasteiger partial charge >= 0.3 is 17.9 Å². The van der Waals surface area contributed by atoms with Gasteiger partial charge in [-0.15, -0.1) is 0 Å². The lowest BCUT2D eigenvalue weighted by Crippen LogP contribution is -2.15. The van der Waals surface area contributed by atoms with Gasteiger partial charge in [-0.05, 0) is 29.0 Å². The second-order valence-electron chi connectivity index (χ2n) is 5.12. The molecule has 0 fully saturated rings. The van der Waals surface area contributed by atoms with E-state index in [0.29, 0.717) is 10.8 Å². The summed E-state index contributed by atoms with van der Waals surface area (Å²) in [6.45, 7) is 0. The number of carbonyl (C=O) groups is 3. The fourth-order valence-electron chi connectivity index (χ4n) is 2.41. The molecule has 0 saturated carbocycles. The van der Waals surface area contributed by atoms with Gasteiger partial charge < -0.3 is 5.11 Å². The van der Waals surface area contributed by atoms with E-state index in [1.54, 1.807) is 48.5 Å². The summed E-state index contributed by atoms with van der Waals surface area (Å²) in [4.78, 5) is 44.8. The molecule has 6 nitrogen and oxygen atoms in total. The first-order valence-corrected chi connectivity index (χ1v) is 7.31. The van der Waals surface area contributed by atoms with Crippen molar-refractivity contribution in [2.45, 2.75) is 0 Å². The van der Waals surface area contributed by atoms with Crippen LogP contribution in [0.1, 0.15) is 31.1 Å². The quantitative estimate of drug-likeness (QED) is 0.582. The summed E-state index contributed by atoms with van der Waals surface area (Å²) in [6.07, 6.45) is 0. The Balaban J connectivity index is 1.90. The van der Waals surface area contributed by atoms with Gasteiger partial charge in [0.2, 0.25) is 0 Å². The van der Waals surface area contributed by atoms with Crippen molar-refractivity contribution >= 4 is 28.7 Å². The van der Waals surface area contributed by atoms with Crippen molar-refractivity contribution in [1.82, 2.24) is 0 Å². The third-order valence-corrected chi connectivity index (χ3v) is 3.57. The van der Waals surface area contributed by atoms with Crippen molar-refractivity contribution < 1.29 is 29.3 Å². The lowest BCUT2D eigenvalue weighted by Gasteiger charge is -2.09. The summed E-state index contributed by atoms with van der Waals surface area (Å²) >= 11 is 0. The SMILES string of the molecule is O=C(OOC(=O)c1c(C(=O)O)ccc2ccccc12)c1ccccc1. The van der Waals surface area contributed by atoms with Crippen molar-refractivity contribution in [1.29, 1.82) is 0 Å². The van der Waals surface area contributed by atoms with E-state index in [1.165, 1.54) is 18.2 Å². The van der Waals surface area contributed by atoms with Crippen molar-refractivity contribution in [3.63, 3.8) is 0 Å². The van der Waals surface area contributed by atoms with Gasteiger partial charge in [0.1, 0.15) is 0 Å². The maximum atomic E-state index is 12.4. The van der Waals surface area contributed by atoms with Crippen LogP contribution in [-0.4, -0.2) is 23.0 Å². The Morgan fingerprint density at radius 3 is 2.08 bits per heavy atom. The number of hydrogen-bond donors (Lipinski definition) is 1. The second-order valence-corrected chi connectivity index (χ2v) is 5.12. The Bertz CT molecular complexity index is 962. The molecule has 3 rings (SSSR count). The largest absolute Gasteiger partial charge is 0.478 e. The van der Waals surface area contributed by atoms with E-state index in [-0.39, 0.29) is 16.7 Å². The predicted molar refractivity (Wildman–Crippen MR) is 88.2 cm³/mol. The maximum absolute atomic E-state index is 12.4. The van der Waals surface area contributed by atoms with Crippen molar-refractivity contribution in [3.05, 3.63) is 83.4 Å². The molecule has 124 valence electrons. The van der Waals surface area contributed by atoms with Crippen LogP contribution in [-0.2, 0) is 9.78 Å². The topological polar surface area (TPSA) is 89.9 Å². The first kappa shape index (κ1) is 16.2. The van der Waals surface area contributed by atoms with Gasteiger partial charge in [0.15, 0.2) is 0 Å². The van der Waals surface area contributed by atoms with Crippen molar-refractivity contribution in [2.75, 3.05) is 0 Å². The lowest BCUT2D eigenvalue weighted by atomic mass is 9.99. The number of rotatable bonds is 3. The molecule has 0 aliphatic heterocycles. The molecule has 0 heterocycles. The van der Waals surface area contributed by atoms with Gasteiger partial charge in [0.25, 0.3) is 0 Å². The minimum atomic E-state index is -1.29. The molecule has 3 aromatic rings. The summed E-state index contributed by atoms with van der Waals surface area (Å²) < 4.78 is 0. The molecule has 0 aliphatic carbocycles. The fraction of sp³-hybridized carbons (Fsp3) is 0. The van der Waals surface area contributed by atoms with Crippen LogP contribution in [0, 0.1) is 0 Å². The standard InChI is InChI=1S/C19H12O6/c20-17(21)15-11-10-12-6-4-5-9-14(12)16(15)19(23)25-24-18(22)13-7-2-1-3-8-13/h1-11H,(H,20,21). The van der Waals surface area contributed by atoms with Gasteiger partial charge in [0, 0.05) is 0 Å². The molecule has 0 saturated heterocycles. The summed E-state index contributed by atoms with van der Waals surface area (Å²) in [6, 6.07) is 17.6. The molecule has 0 amide bonds. The normalized spacial score (nSPS) is 10.2. The minimum absolute atomic E-state index is 0.175.